The third-order valence-electron chi connectivity index (χ3n) is 4.19. The van der Waals surface area contributed by atoms with Gasteiger partial charge in [-0.15, -0.1) is 0 Å². The molecule has 1 aliphatic rings. The number of likely N-dealkylation sites (N-methyl/N-ethyl adjacent to an activating group) is 1. The average molecular weight is 360 g/mol. The van der Waals surface area contributed by atoms with E-state index in [1.165, 1.54) is 11.8 Å². The van der Waals surface area contributed by atoms with Crippen LogP contribution in [0.4, 0.5) is 0 Å². The molecule has 0 fully saturated rings. The highest BCUT2D eigenvalue weighted by Crippen LogP contribution is 2.27. The Morgan fingerprint density at radius 1 is 1.04 bits per heavy atom. The second-order valence-corrected chi connectivity index (χ2v) is 6.98. The molecule has 1 aliphatic heterocycles. The van der Waals surface area contributed by atoms with Gasteiger partial charge in [0.25, 0.3) is 17.7 Å². The van der Waals surface area contributed by atoms with Gasteiger partial charge in [0.05, 0.1) is 11.1 Å². The lowest BCUT2D eigenvalue weighted by atomic mass is 10.0. The highest BCUT2D eigenvalue weighted by atomic mass is 16.5. The number of fused-ring (bicyclic) bond motifs is 1. The summed E-state index contributed by atoms with van der Waals surface area (Å²) in [6.07, 6.45) is -0.741. The van der Waals surface area contributed by atoms with E-state index in [0.29, 0.717) is 0 Å². The van der Waals surface area contributed by atoms with Crippen molar-refractivity contribution in [3.05, 3.63) is 35.4 Å². The molecular formula is C19H24N2O5. The van der Waals surface area contributed by atoms with Gasteiger partial charge in [0.2, 0.25) is 0 Å². The molecule has 0 aliphatic carbocycles. The third-order valence-corrected chi connectivity index (χ3v) is 4.19. The Kier molecular flexibility index (Phi) is 5.79. The van der Waals surface area contributed by atoms with Gasteiger partial charge >= 0.3 is 5.97 Å². The standard InChI is InChI=1S/C19H24N2O5/c1-11(2)10-15(19(25)26-12(3)16(22)20(4)5)21-17(23)13-8-6-7-9-14(13)18(21)24/h6-9,11-12,15H,10H2,1-5H3/t12-,15-/m0/s1. The Balaban J connectivity index is 2.28. The molecule has 0 radical (unpaired) electrons. The van der Waals surface area contributed by atoms with Crippen LogP contribution in [0, 0.1) is 5.92 Å². The number of ether oxygens (including phenoxy) is 1. The molecule has 0 saturated carbocycles. The van der Waals surface area contributed by atoms with Crippen LogP contribution in [0.15, 0.2) is 24.3 Å². The van der Waals surface area contributed by atoms with Gasteiger partial charge in [-0.25, -0.2) is 4.79 Å². The van der Waals surface area contributed by atoms with Crippen LogP contribution in [0.5, 0.6) is 0 Å². The Labute approximate surface area is 152 Å². The fourth-order valence-electron chi connectivity index (χ4n) is 2.91. The van der Waals surface area contributed by atoms with Gasteiger partial charge < -0.3 is 9.64 Å². The number of hydrogen-bond acceptors (Lipinski definition) is 5. The van der Waals surface area contributed by atoms with Crippen LogP contribution < -0.4 is 0 Å². The second-order valence-electron chi connectivity index (χ2n) is 6.98. The van der Waals surface area contributed by atoms with Crippen molar-refractivity contribution < 1.29 is 23.9 Å². The number of carbonyl (C=O) groups is 4. The van der Waals surface area contributed by atoms with E-state index in [9.17, 15) is 19.2 Å². The fourth-order valence-corrected chi connectivity index (χ4v) is 2.91. The van der Waals surface area contributed by atoms with Crippen molar-refractivity contribution in [3.8, 4) is 0 Å². The van der Waals surface area contributed by atoms with Crippen LogP contribution in [0.3, 0.4) is 0 Å². The average Bonchev–Trinajstić information content (AvgIpc) is 2.83. The topological polar surface area (TPSA) is 84.0 Å². The Bertz CT molecular complexity index is 706. The molecular weight excluding hydrogens is 336 g/mol. The molecule has 2 rings (SSSR count). The zero-order valence-corrected chi connectivity index (χ0v) is 15.7. The summed E-state index contributed by atoms with van der Waals surface area (Å²) < 4.78 is 5.27. The molecule has 0 unspecified atom stereocenters. The van der Waals surface area contributed by atoms with E-state index in [1.54, 1.807) is 38.4 Å². The van der Waals surface area contributed by atoms with Crippen LogP contribution in [0.25, 0.3) is 0 Å². The van der Waals surface area contributed by atoms with Crippen molar-refractivity contribution in [1.82, 2.24) is 9.80 Å². The Morgan fingerprint density at radius 2 is 1.54 bits per heavy atom. The largest absolute Gasteiger partial charge is 0.451 e. The molecule has 0 saturated heterocycles. The first-order valence-electron chi connectivity index (χ1n) is 8.53. The summed E-state index contributed by atoms with van der Waals surface area (Å²) >= 11 is 0. The predicted octanol–water partition coefficient (Wildman–Crippen LogP) is 1.72. The highest BCUT2D eigenvalue weighted by molar-refractivity contribution is 6.22. The zero-order valence-electron chi connectivity index (χ0n) is 15.7. The number of benzene rings is 1. The first kappa shape index (κ1) is 19.6. The summed E-state index contributed by atoms with van der Waals surface area (Å²) in [5, 5.41) is 0. The molecule has 7 nitrogen and oxygen atoms in total. The van der Waals surface area contributed by atoms with E-state index in [-0.39, 0.29) is 29.4 Å². The van der Waals surface area contributed by atoms with E-state index >= 15 is 0 Å². The van der Waals surface area contributed by atoms with Crippen LogP contribution in [-0.4, -0.2) is 59.7 Å². The number of carbonyl (C=O) groups excluding carboxylic acids is 4. The number of nitrogens with zero attached hydrogens (tertiary/aromatic N) is 2. The number of rotatable bonds is 6. The SMILES string of the molecule is CC(C)C[C@@H](C(=O)O[C@@H](C)C(=O)N(C)C)N1C(=O)c2ccccc2C1=O. The van der Waals surface area contributed by atoms with E-state index in [0.717, 1.165) is 4.90 Å². The highest BCUT2D eigenvalue weighted by Gasteiger charge is 2.44. The van der Waals surface area contributed by atoms with Crippen molar-refractivity contribution in [2.24, 2.45) is 5.92 Å². The monoisotopic (exact) mass is 360 g/mol. The summed E-state index contributed by atoms with van der Waals surface area (Å²) in [5.41, 5.74) is 0.549. The van der Waals surface area contributed by atoms with Gasteiger partial charge in [-0.1, -0.05) is 26.0 Å². The Morgan fingerprint density at radius 3 is 1.96 bits per heavy atom. The lowest BCUT2D eigenvalue weighted by Gasteiger charge is -2.27. The summed E-state index contributed by atoms with van der Waals surface area (Å²) in [6.45, 7) is 5.23. The van der Waals surface area contributed by atoms with Crippen LogP contribution in [0.2, 0.25) is 0 Å². The molecule has 7 heteroatoms. The molecule has 1 aromatic carbocycles. The van der Waals surface area contributed by atoms with E-state index in [4.69, 9.17) is 4.74 Å². The van der Waals surface area contributed by atoms with Gasteiger partial charge in [-0.05, 0) is 31.4 Å². The molecule has 0 aromatic heterocycles. The molecule has 0 bridgehead atoms. The predicted molar refractivity (Wildman–Crippen MR) is 94.4 cm³/mol. The maximum Gasteiger partial charge on any atom is 0.330 e. The second kappa shape index (κ2) is 7.68. The molecule has 1 aromatic rings. The van der Waals surface area contributed by atoms with E-state index in [1.807, 2.05) is 13.8 Å². The summed E-state index contributed by atoms with van der Waals surface area (Å²) in [6, 6.07) is 5.39. The van der Waals surface area contributed by atoms with E-state index < -0.39 is 29.9 Å². The lowest BCUT2D eigenvalue weighted by Crippen LogP contribution is -2.48. The van der Waals surface area contributed by atoms with Crippen molar-refractivity contribution in [2.45, 2.75) is 39.3 Å². The van der Waals surface area contributed by atoms with Gasteiger partial charge in [0, 0.05) is 14.1 Å². The normalized spacial score (nSPS) is 15.7. The maximum absolute atomic E-state index is 12.7. The molecule has 3 amide bonds. The first-order valence-corrected chi connectivity index (χ1v) is 8.53. The molecule has 26 heavy (non-hydrogen) atoms. The van der Waals surface area contributed by atoms with Crippen LogP contribution >= 0.6 is 0 Å². The molecule has 1 heterocycles. The number of imide groups is 1. The van der Waals surface area contributed by atoms with Crippen molar-refractivity contribution in [3.63, 3.8) is 0 Å². The summed E-state index contributed by atoms with van der Waals surface area (Å²) in [5.74, 6) is -2.11. The number of hydrogen-bond donors (Lipinski definition) is 0. The quantitative estimate of drug-likeness (QED) is 0.570. The van der Waals surface area contributed by atoms with Crippen molar-refractivity contribution >= 4 is 23.7 Å². The summed E-state index contributed by atoms with van der Waals surface area (Å²) in [7, 11) is 3.12. The maximum atomic E-state index is 12.7. The van der Waals surface area contributed by atoms with E-state index in [2.05, 4.69) is 0 Å². The van der Waals surface area contributed by atoms with Gasteiger partial charge in [-0.2, -0.15) is 0 Å². The molecule has 0 N–H and O–H groups in total. The van der Waals surface area contributed by atoms with Crippen molar-refractivity contribution in [2.75, 3.05) is 14.1 Å². The van der Waals surface area contributed by atoms with Gasteiger partial charge in [-0.3, -0.25) is 19.3 Å². The minimum atomic E-state index is -1.07. The van der Waals surface area contributed by atoms with Crippen LogP contribution in [0.1, 0.15) is 47.9 Å². The van der Waals surface area contributed by atoms with Crippen molar-refractivity contribution in [1.29, 1.82) is 0 Å². The number of esters is 1. The third kappa shape index (κ3) is 3.76. The first-order chi connectivity index (χ1) is 12.1. The Hall–Kier alpha value is -2.70. The van der Waals surface area contributed by atoms with Gasteiger partial charge in [0.1, 0.15) is 6.04 Å². The fraction of sp³-hybridized carbons (Fsp3) is 0.474. The summed E-state index contributed by atoms with van der Waals surface area (Å²) in [4.78, 5) is 52.3. The molecule has 0 spiro atoms. The van der Waals surface area contributed by atoms with Crippen LogP contribution in [-0.2, 0) is 14.3 Å². The number of amides is 3. The van der Waals surface area contributed by atoms with Gasteiger partial charge in [0.15, 0.2) is 6.10 Å². The minimum Gasteiger partial charge on any atom is -0.451 e. The molecule has 2 atom stereocenters. The smallest absolute Gasteiger partial charge is 0.330 e. The minimum absolute atomic E-state index is 0.0386. The molecule has 140 valence electrons. The zero-order chi connectivity index (χ0) is 19.6. The lowest BCUT2D eigenvalue weighted by molar-refractivity contribution is -0.161.